The minimum Gasteiger partial charge on any atom is -0.365 e. The molecule has 78 valence electrons. The predicted molar refractivity (Wildman–Crippen MR) is 57.6 cm³/mol. The van der Waals surface area contributed by atoms with Crippen LogP contribution in [0.15, 0.2) is 24.8 Å². The smallest absolute Gasteiger partial charge is 0.149 e. The van der Waals surface area contributed by atoms with Crippen molar-refractivity contribution in [3.05, 3.63) is 35.5 Å². The molecule has 0 atom stereocenters. The topological polar surface area (TPSA) is 55.6 Å². The number of aryl methyl sites for hydroxylation is 1. The van der Waals surface area contributed by atoms with Crippen molar-refractivity contribution in [3.8, 4) is 0 Å². The molecule has 5 nitrogen and oxygen atoms in total. The summed E-state index contributed by atoms with van der Waals surface area (Å²) in [4.78, 5) is 7.98. The van der Waals surface area contributed by atoms with Crippen molar-refractivity contribution >= 4 is 17.4 Å². The molecular formula is C9H10ClN5. The standard InChI is InChI=1S/C9H10ClN5/c1-15-6-7(3-13-15)2-12-9-5-11-4-8(10)14-9/h3-6H,2H2,1H3,(H,12,14). The van der Waals surface area contributed by atoms with Gasteiger partial charge in [-0.3, -0.25) is 9.67 Å². The van der Waals surface area contributed by atoms with Crippen LogP contribution in [0.25, 0.3) is 0 Å². The molecule has 0 aliphatic rings. The highest BCUT2D eigenvalue weighted by Crippen LogP contribution is 2.08. The van der Waals surface area contributed by atoms with E-state index in [1.165, 1.54) is 6.20 Å². The third kappa shape index (κ3) is 2.66. The number of rotatable bonds is 3. The Morgan fingerprint density at radius 2 is 2.27 bits per heavy atom. The van der Waals surface area contributed by atoms with Gasteiger partial charge in [0.25, 0.3) is 0 Å². The van der Waals surface area contributed by atoms with E-state index in [0.717, 1.165) is 5.56 Å². The summed E-state index contributed by atoms with van der Waals surface area (Å²) in [5.41, 5.74) is 1.08. The summed E-state index contributed by atoms with van der Waals surface area (Å²) in [5.74, 6) is 0.659. The van der Waals surface area contributed by atoms with Crippen molar-refractivity contribution in [1.29, 1.82) is 0 Å². The van der Waals surface area contributed by atoms with E-state index < -0.39 is 0 Å². The normalized spacial score (nSPS) is 10.3. The molecule has 0 unspecified atom stereocenters. The van der Waals surface area contributed by atoms with Crippen molar-refractivity contribution < 1.29 is 0 Å². The van der Waals surface area contributed by atoms with E-state index in [2.05, 4.69) is 20.4 Å². The second kappa shape index (κ2) is 4.27. The third-order valence-corrected chi connectivity index (χ3v) is 2.02. The van der Waals surface area contributed by atoms with Gasteiger partial charge < -0.3 is 5.32 Å². The van der Waals surface area contributed by atoms with Gasteiger partial charge in [0, 0.05) is 25.4 Å². The fourth-order valence-corrected chi connectivity index (χ4v) is 1.33. The van der Waals surface area contributed by atoms with Gasteiger partial charge in [-0.2, -0.15) is 5.10 Å². The summed E-state index contributed by atoms with van der Waals surface area (Å²) in [5, 5.41) is 7.55. The second-order valence-electron chi connectivity index (χ2n) is 3.10. The third-order valence-electron chi connectivity index (χ3n) is 1.84. The molecule has 0 radical (unpaired) electrons. The molecule has 0 fully saturated rings. The highest BCUT2D eigenvalue weighted by Gasteiger charge is 1.98. The van der Waals surface area contributed by atoms with Gasteiger partial charge in [-0.15, -0.1) is 0 Å². The Hall–Kier alpha value is -1.62. The summed E-state index contributed by atoms with van der Waals surface area (Å²) in [6, 6.07) is 0. The molecule has 2 aromatic heterocycles. The Bertz CT molecular complexity index is 453. The number of aromatic nitrogens is 4. The predicted octanol–water partition coefficient (Wildman–Crippen LogP) is 1.48. The zero-order valence-corrected chi connectivity index (χ0v) is 8.94. The van der Waals surface area contributed by atoms with Gasteiger partial charge >= 0.3 is 0 Å². The molecule has 0 saturated carbocycles. The SMILES string of the molecule is Cn1cc(CNc2cncc(Cl)n2)cn1. The maximum atomic E-state index is 5.70. The van der Waals surface area contributed by atoms with Crippen molar-refractivity contribution in [3.63, 3.8) is 0 Å². The van der Waals surface area contributed by atoms with Crippen molar-refractivity contribution in [2.75, 3.05) is 5.32 Å². The highest BCUT2D eigenvalue weighted by molar-refractivity contribution is 6.29. The van der Waals surface area contributed by atoms with Crippen LogP contribution in [0.3, 0.4) is 0 Å². The van der Waals surface area contributed by atoms with Crippen LogP contribution in [0.2, 0.25) is 5.15 Å². The molecule has 0 saturated heterocycles. The molecule has 0 aromatic carbocycles. The molecular weight excluding hydrogens is 214 g/mol. The molecule has 2 rings (SSSR count). The minimum atomic E-state index is 0.381. The van der Waals surface area contributed by atoms with E-state index in [-0.39, 0.29) is 0 Å². The van der Waals surface area contributed by atoms with Gasteiger partial charge in [-0.1, -0.05) is 11.6 Å². The summed E-state index contributed by atoms with van der Waals surface area (Å²) >= 11 is 5.70. The monoisotopic (exact) mass is 223 g/mol. The fourth-order valence-electron chi connectivity index (χ4n) is 1.18. The summed E-state index contributed by atoms with van der Waals surface area (Å²) in [7, 11) is 1.88. The van der Waals surface area contributed by atoms with Crippen LogP contribution in [-0.4, -0.2) is 19.7 Å². The zero-order valence-electron chi connectivity index (χ0n) is 8.18. The van der Waals surface area contributed by atoms with E-state index in [1.54, 1.807) is 17.1 Å². The lowest BCUT2D eigenvalue weighted by Gasteiger charge is -2.02. The Morgan fingerprint density at radius 1 is 1.40 bits per heavy atom. The molecule has 0 bridgehead atoms. The van der Waals surface area contributed by atoms with Gasteiger partial charge in [0.1, 0.15) is 11.0 Å². The minimum absolute atomic E-state index is 0.381. The number of hydrogen-bond donors (Lipinski definition) is 1. The van der Waals surface area contributed by atoms with E-state index in [0.29, 0.717) is 17.5 Å². The maximum absolute atomic E-state index is 5.70. The number of halogens is 1. The van der Waals surface area contributed by atoms with Crippen LogP contribution in [0.1, 0.15) is 5.56 Å². The zero-order chi connectivity index (χ0) is 10.7. The van der Waals surface area contributed by atoms with Gasteiger partial charge in [-0.25, -0.2) is 4.98 Å². The van der Waals surface area contributed by atoms with Crippen LogP contribution in [0.5, 0.6) is 0 Å². The first-order chi connectivity index (χ1) is 7.24. The van der Waals surface area contributed by atoms with Crippen LogP contribution in [0, 0.1) is 0 Å². The van der Waals surface area contributed by atoms with Crippen molar-refractivity contribution in [2.24, 2.45) is 7.05 Å². The van der Waals surface area contributed by atoms with Crippen LogP contribution in [0.4, 0.5) is 5.82 Å². The molecule has 0 spiro atoms. The summed E-state index contributed by atoms with van der Waals surface area (Å²) in [6.07, 6.45) is 6.86. The number of nitrogens with zero attached hydrogens (tertiary/aromatic N) is 4. The van der Waals surface area contributed by atoms with E-state index in [1.807, 2.05) is 13.2 Å². The Morgan fingerprint density at radius 3 is 2.93 bits per heavy atom. The van der Waals surface area contributed by atoms with E-state index in [4.69, 9.17) is 11.6 Å². The molecule has 0 aliphatic carbocycles. The molecule has 0 aliphatic heterocycles. The van der Waals surface area contributed by atoms with Gasteiger partial charge in [-0.05, 0) is 0 Å². The molecule has 15 heavy (non-hydrogen) atoms. The molecule has 6 heteroatoms. The average Bonchev–Trinajstić information content (AvgIpc) is 2.62. The number of hydrogen-bond acceptors (Lipinski definition) is 4. The Balaban J connectivity index is 1.99. The van der Waals surface area contributed by atoms with Crippen LogP contribution < -0.4 is 5.32 Å². The number of anilines is 1. The fraction of sp³-hybridized carbons (Fsp3) is 0.222. The molecule has 0 amide bonds. The first-order valence-corrected chi connectivity index (χ1v) is 4.81. The Kier molecular flexibility index (Phi) is 2.82. The van der Waals surface area contributed by atoms with Gasteiger partial charge in [0.15, 0.2) is 0 Å². The lowest BCUT2D eigenvalue weighted by atomic mass is 10.3. The quantitative estimate of drug-likeness (QED) is 0.856. The highest BCUT2D eigenvalue weighted by atomic mass is 35.5. The number of nitrogens with one attached hydrogen (secondary N) is 1. The van der Waals surface area contributed by atoms with E-state index in [9.17, 15) is 0 Å². The average molecular weight is 224 g/mol. The largest absolute Gasteiger partial charge is 0.365 e. The lowest BCUT2D eigenvalue weighted by molar-refractivity contribution is 0.767. The second-order valence-corrected chi connectivity index (χ2v) is 3.49. The van der Waals surface area contributed by atoms with Crippen molar-refractivity contribution in [2.45, 2.75) is 6.54 Å². The molecule has 2 aromatic rings. The van der Waals surface area contributed by atoms with Crippen molar-refractivity contribution in [1.82, 2.24) is 19.7 Å². The Labute approximate surface area is 92.1 Å². The van der Waals surface area contributed by atoms with Crippen LogP contribution >= 0.6 is 11.6 Å². The first-order valence-electron chi connectivity index (χ1n) is 4.43. The van der Waals surface area contributed by atoms with Crippen LogP contribution in [-0.2, 0) is 13.6 Å². The van der Waals surface area contributed by atoms with Gasteiger partial charge in [0.2, 0.25) is 0 Å². The molecule has 1 N–H and O–H groups in total. The first kappa shape index (κ1) is 9.92. The van der Waals surface area contributed by atoms with E-state index >= 15 is 0 Å². The molecule has 2 heterocycles. The summed E-state index contributed by atoms with van der Waals surface area (Å²) in [6.45, 7) is 0.656. The maximum Gasteiger partial charge on any atom is 0.149 e. The lowest BCUT2D eigenvalue weighted by Crippen LogP contribution is -2.01. The summed E-state index contributed by atoms with van der Waals surface area (Å²) < 4.78 is 1.75. The van der Waals surface area contributed by atoms with Gasteiger partial charge in [0.05, 0.1) is 18.6 Å².